The smallest absolute Gasteiger partial charge is 0.303 e. The Bertz CT molecular complexity index is 895. The van der Waals surface area contributed by atoms with E-state index in [2.05, 4.69) is 6.07 Å². The number of thioether (sulfide) groups is 1. The largest absolute Gasteiger partial charge is 0.451 e. The van der Waals surface area contributed by atoms with E-state index in [9.17, 15) is 9.59 Å². The van der Waals surface area contributed by atoms with E-state index in [4.69, 9.17) is 4.74 Å². The fourth-order valence-corrected chi connectivity index (χ4v) is 4.78. The van der Waals surface area contributed by atoms with Crippen LogP contribution in [0.4, 0.5) is 5.69 Å². The molecule has 1 aliphatic rings. The van der Waals surface area contributed by atoms with Crippen molar-refractivity contribution < 1.29 is 14.3 Å². The minimum Gasteiger partial charge on any atom is -0.451 e. The lowest BCUT2D eigenvalue weighted by atomic mass is 10.0. The second-order valence-electron chi connectivity index (χ2n) is 7.74. The van der Waals surface area contributed by atoms with Gasteiger partial charge < -0.3 is 14.5 Å². The molecule has 6 heteroatoms. The molecule has 0 unspecified atom stereocenters. The first kappa shape index (κ1) is 21.4. The van der Waals surface area contributed by atoms with Gasteiger partial charge in [0, 0.05) is 24.9 Å². The number of carbonyl (C=O) groups is 2. The molecule has 2 aromatic rings. The van der Waals surface area contributed by atoms with Crippen molar-refractivity contribution in [2.24, 2.45) is 0 Å². The first-order valence-corrected chi connectivity index (χ1v) is 10.6. The lowest BCUT2D eigenvalue weighted by Gasteiger charge is -2.28. The Morgan fingerprint density at radius 1 is 1.10 bits per heavy atom. The molecule has 2 aromatic carbocycles. The predicted octanol–water partition coefficient (Wildman–Crippen LogP) is 3.98. The second-order valence-corrected chi connectivity index (χ2v) is 8.93. The van der Waals surface area contributed by atoms with Crippen molar-refractivity contribution >= 4 is 29.3 Å². The Morgan fingerprint density at radius 3 is 2.38 bits per heavy atom. The number of likely N-dealkylation sites (N-methyl/N-ethyl adjacent to an activating group) is 1. The second kappa shape index (κ2) is 9.01. The van der Waals surface area contributed by atoms with E-state index in [0.29, 0.717) is 13.1 Å². The van der Waals surface area contributed by atoms with Crippen LogP contribution in [0.5, 0.6) is 0 Å². The molecule has 0 aromatic heterocycles. The highest BCUT2D eigenvalue weighted by atomic mass is 32.2. The summed E-state index contributed by atoms with van der Waals surface area (Å²) < 4.78 is 5.61. The third-order valence-corrected chi connectivity index (χ3v) is 6.27. The van der Waals surface area contributed by atoms with Crippen molar-refractivity contribution in [2.75, 3.05) is 32.1 Å². The maximum absolute atomic E-state index is 13.6. The van der Waals surface area contributed by atoms with Crippen LogP contribution in [0.1, 0.15) is 28.9 Å². The SMILES string of the molecule is CC(=O)O[C@@H]1C(=O)N(CCN(C)C)c2ccc(C)cc2S[C@H]1c1ccc(C)cc1. The highest BCUT2D eigenvalue weighted by Gasteiger charge is 2.40. The lowest BCUT2D eigenvalue weighted by Crippen LogP contribution is -2.45. The molecule has 0 saturated carbocycles. The zero-order chi connectivity index (χ0) is 21.1. The van der Waals surface area contributed by atoms with Crippen molar-refractivity contribution in [3.8, 4) is 0 Å². The summed E-state index contributed by atoms with van der Waals surface area (Å²) in [5, 5.41) is -0.308. The van der Waals surface area contributed by atoms with Gasteiger partial charge in [0.25, 0.3) is 5.91 Å². The number of aryl methyl sites for hydroxylation is 2. The van der Waals surface area contributed by atoms with E-state index in [1.807, 2.05) is 69.2 Å². The van der Waals surface area contributed by atoms with Gasteiger partial charge in [-0.25, -0.2) is 0 Å². The number of anilines is 1. The van der Waals surface area contributed by atoms with E-state index in [0.717, 1.165) is 27.3 Å². The van der Waals surface area contributed by atoms with Gasteiger partial charge in [0.05, 0.1) is 10.9 Å². The van der Waals surface area contributed by atoms with Gasteiger partial charge >= 0.3 is 5.97 Å². The minimum absolute atomic E-state index is 0.178. The van der Waals surface area contributed by atoms with E-state index < -0.39 is 12.1 Å². The summed E-state index contributed by atoms with van der Waals surface area (Å²) in [7, 11) is 3.96. The Balaban J connectivity index is 2.10. The number of fused-ring (bicyclic) bond motifs is 1. The summed E-state index contributed by atoms with van der Waals surface area (Å²) in [6, 6.07) is 14.2. The number of benzene rings is 2. The molecule has 0 radical (unpaired) electrons. The zero-order valence-electron chi connectivity index (χ0n) is 17.6. The highest BCUT2D eigenvalue weighted by molar-refractivity contribution is 7.99. The molecule has 1 amide bonds. The molecule has 154 valence electrons. The Hall–Kier alpha value is -2.31. The van der Waals surface area contributed by atoms with Crippen molar-refractivity contribution in [1.29, 1.82) is 0 Å². The zero-order valence-corrected chi connectivity index (χ0v) is 18.5. The maximum atomic E-state index is 13.6. The predicted molar refractivity (Wildman–Crippen MR) is 117 cm³/mol. The molecular weight excluding hydrogens is 384 g/mol. The van der Waals surface area contributed by atoms with Crippen LogP contribution in [0.15, 0.2) is 47.4 Å². The van der Waals surface area contributed by atoms with Crippen LogP contribution < -0.4 is 4.90 Å². The monoisotopic (exact) mass is 412 g/mol. The number of carbonyl (C=O) groups excluding carboxylic acids is 2. The summed E-state index contributed by atoms with van der Waals surface area (Å²) in [6.07, 6.45) is -0.880. The quantitative estimate of drug-likeness (QED) is 0.696. The van der Waals surface area contributed by atoms with Crippen LogP contribution in [0.3, 0.4) is 0 Å². The van der Waals surface area contributed by atoms with Crippen molar-refractivity contribution in [3.05, 3.63) is 59.2 Å². The first-order valence-electron chi connectivity index (χ1n) is 9.73. The third kappa shape index (κ3) is 5.00. The molecule has 3 rings (SSSR count). The molecule has 1 aliphatic heterocycles. The Kier molecular flexibility index (Phi) is 6.65. The molecule has 0 aliphatic carbocycles. The van der Waals surface area contributed by atoms with E-state index in [1.165, 1.54) is 6.92 Å². The molecule has 0 saturated heterocycles. The Labute approximate surface area is 177 Å². The van der Waals surface area contributed by atoms with Crippen molar-refractivity contribution in [3.63, 3.8) is 0 Å². The highest BCUT2D eigenvalue weighted by Crippen LogP contribution is 2.47. The number of nitrogens with zero attached hydrogens (tertiary/aromatic N) is 2. The summed E-state index contributed by atoms with van der Waals surface area (Å²) in [6.45, 7) is 6.67. The normalized spacial score (nSPS) is 19.1. The standard InChI is InChI=1S/C23H28N2O3S/c1-15-6-9-18(10-7-15)22-21(28-17(3)26)23(27)25(13-12-24(4)5)19-11-8-16(2)14-20(19)29-22/h6-11,14,21-22H,12-13H2,1-5H3/t21-,22-/m0/s1. The average Bonchev–Trinajstić information content (AvgIpc) is 2.76. The number of hydrogen-bond donors (Lipinski definition) is 0. The van der Waals surface area contributed by atoms with Crippen LogP contribution in [-0.4, -0.2) is 50.1 Å². The summed E-state index contributed by atoms with van der Waals surface area (Å²) in [4.78, 5) is 30.3. The van der Waals surface area contributed by atoms with Crippen LogP contribution in [0.2, 0.25) is 0 Å². The van der Waals surface area contributed by atoms with Gasteiger partial charge in [0.2, 0.25) is 0 Å². The third-order valence-electron chi connectivity index (χ3n) is 4.91. The van der Waals surface area contributed by atoms with Crippen LogP contribution >= 0.6 is 11.8 Å². The van der Waals surface area contributed by atoms with Crippen molar-refractivity contribution in [2.45, 2.75) is 37.0 Å². The van der Waals surface area contributed by atoms with Gasteiger partial charge in [-0.15, -0.1) is 11.8 Å². The van der Waals surface area contributed by atoms with Gasteiger partial charge in [-0.3, -0.25) is 9.59 Å². The summed E-state index contributed by atoms with van der Waals surface area (Å²) >= 11 is 1.59. The van der Waals surface area contributed by atoms with E-state index >= 15 is 0 Å². The molecular formula is C23H28N2O3S. The number of esters is 1. The van der Waals surface area contributed by atoms with Gasteiger partial charge in [-0.05, 0) is 51.2 Å². The van der Waals surface area contributed by atoms with Gasteiger partial charge in [0.15, 0.2) is 6.10 Å². The van der Waals surface area contributed by atoms with E-state index in [-0.39, 0.29) is 11.2 Å². The van der Waals surface area contributed by atoms with Crippen molar-refractivity contribution in [1.82, 2.24) is 4.90 Å². The molecule has 0 bridgehead atoms. The maximum Gasteiger partial charge on any atom is 0.303 e. The van der Waals surface area contributed by atoms with Gasteiger partial charge in [0.1, 0.15) is 0 Å². The first-order chi connectivity index (χ1) is 13.8. The summed E-state index contributed by atoms with van der Waals surface area (Å²) in [5.41, 5.74) is 4.12. The molecule has 1 heterocycles. The fraction of sp³-hybridized carbons (Fsp3) is 0.391. The molecule has 29 heavy (non-hydrogen) atoms. The molecule has 0 spiro atoms. The topological polar surface area (TPSA) is 49.9 Å². The Morgan fingerprint density at radius 2 is 1.76 bits per heavy atom. The van der Waals surface area contributed by atoms with Crippen LogP contribution in [0.25, 0.3) is 0 Å². The molecule has 0 N–H and O–H groups in total. The van der Waals surface area contributed by atoms with Crippen LogP contribution in [-0.2, 0) is 14.3 Å². The van der Waals surface area contributed by atoms with Gasteiger partial charge in [-0.2, -0.15) is 0 Å². The minimum atomic E-state index is -0.880. The number of hydrogen-bond acceptors (Lipinski definition) is 5. The summed E-state index contributed by atoms with van der Waals surface area (Å²) in [5.74, 6) is -0.626. The lowest BCUT2D eigenvalue weighted by molar-refractivity contribution is -0.152. The van der Waals surface area contributed by atoms with Crippen LogP contribution in [0, 0.1) is 13.8 Å². The fourth-order valence-electron chi connectivity index (χ4n) is 3.36. The molecule has 5 nitrogen and oxygen atoms in total. The molecule has 0 fully saturated rings. The van der Waals surface area contributed by atoms with Gasteiger partial charge in [-0.1, -0.05) is 35.9 Å². The number of rotatable bonds is 5. The average molecular weight is 413 g/mol. The van der Waals surface area contributed by atoms with E-state index in [1.54, 1.807) is 16.7 Å². The number of ether oxygens (including phenoxy) is 1. The number of amides is 1. The molecule has 2 atom stereocenters.